The third-order valence-corrected chi connectivity index (χ3v) is 3.60. The van der Waals surface area contributed by atoms with E-state index >= 15 is 0 Å². The molecule has 0 radical (unpaired) electrons. The van der Waals surface area contributed by atoms with Crippen LogP contribution in [0.2, 0.25) is 0 Å². The van der Waals surface area contributed by atoms with Crippen molar-refractivity contribution in [1.82, 2.24) is 5.32 Å². The molecule has 17 heavy (non-hydrogen) atoms. The van der Waals surface area contributed by atoms with E-state index in [0.717, 1.165) is 19.1 Å². The lowest BCUT2D eigenvalue weighted by Crippen LogP contribution is -2.45. The second-order valence-corrected chi connectivity index (χ2v) is 6.99. The SMILES string of the molecule is CC(C)CCOC1(CCNC(C)(C)C)CCC1. The second kappa shape index (κ2) is 6.19. The Morgan fingerprint density at radius 2 is 1.88 bits per heavy atom. The summed E-state index contributed by atoms with van der Waals surface area (Å²) in [6.07, 6.45) is 6.22. The van der Waals surface area contributed by atoms with Crippen molar-refractivity contribution in [2.24, 2.45) is 5.92 Å². The fourth-order valence-electron chi connectivity index (χ4n) is 2.21. The van der Waals surface area contributed by atoms with Crippen molar-refractivity contribution >= 4 is 0 Å². The molecule has 1 aliphatic carbocycles. The van der Waals surface area contributed by atoms with Gasteiger partial charge in [-0.25, -0.2) is 0 Å². The van der Waals surface area contributed by atoms with Crippen LogP contribution in [0.25, 0.3) is 0 Å². The van der Waals surface area contributed by atoms with Crippen LogP contribution in [0.5, 0.6) is 0 Å². The zero-order valence-corrected chi connectivity index (χ0v) is 12.4. The predicted octanol–water partition coefficient (Wildman–Crippen LogP) is 3.75. The van der Waals surface area contributed by atoms with Gasteiger partial charge in [-0.1, -0.05) is 13.8 Å². The zero-order valence-electron chi connectivity index (χ0n) is 12.4. The van der Waals surface area contributed by atoms with Gasteiger partial charge in [0.2, 0.25) is 0 Å². The van der Waals surface area contributed by atoms with E-state index in [2.05, 4.69) is 39.9 Å². The molecule has 0 aliphatic heterocycles. The van der Waals surface area contributed by atoms with E-state index in [9.17, 15) is 0 Å². The molecule has 0 aromatic heterocycles. The quantitative estimate of drug-likeness (QED) is 0.733. The van der Waals surface area contributed by atoms with Gasteiger partial charge in [0.15, 0.2) is 0 Å². The van der Waals surface area contributed by atoms with E-state index < -0.39 is 0 Å². The minimum atomic E-state index is 0.215. The largest absolute Gasteiger partial charge is 0.375 e. The first-order valence-electron chi connectivity index (χ1n) is 7.22. The molecule has 0 aromatic rings. The topological polar surface area (TPSA) is 21.3 Å². The standard InChI is InChI=1S/C15H31NO/c1-13(2)7-12-17-15(8-6-9-15)10-11-16-14(3,4)5/h13,16H,6-12H2,1-5H3. The van der Waals surface area contributed by atoms with Gasteiger partial charge in [-0.2, -0.15) is 0 Å². The molecule has 0 saturated heterocycles. The van der Waals surface area contributed by atoms with Gasteiger partial charge < -0.3 is 10.1 Å². The van der Waals surface area contributed by atoms with Crippen LogP contribution in [-0.4, -0.2) is 24.3 Å². The molecule has 1 saturated carbocycles. The van der Waals surface area contributed by atoms with Crippen LogP contribution in [0.4, 0.5) is 0 Å². The molecule has 1 fully saturated rings. The number of hydrogen-bond donors (Lipinski definition) is 1. The van der Waals surface area contributed by atoms with Crippen LogP contribution >= 0.6 is 0 Å². The molecule has 0 bridgehead atoms. The van der Waals surface area contributed by atoms with Crippen LogP contribution < -0.4 is 5.32 Å². The summed E-state index contributed by atoms with van der Waals surface area (Å²) >= 11 is 0. The molecule has 1 N–H and O–H groups in total. The molecule has 0 unspecified atom stereocenters. The smallest absolute Gasteiger partial charge is 0.0694 e. The number of ether oxygens (including phenoxy) is 1. The summed E-state index contributed by atoms with van der Waals surface area (Å²) in [6.45, 7) is 13.2. The van der Waals surface area contributed by atoms with Crippen molar-refractivity contribution in [3.05, 3.63) is 0 Å². The molecule has 1 rings (SSSR count). The molecule has 0 heterocycles. The van der Waals surface area contributed by atoms with Gasteiger partial charge in [0.25, 0.3) is 0 Å². The van der Waals surface area contributed by atoms with E-state index in [1.807, 2.05) is 0 Å². The molecule has 0 atom stereocenters. The van der Waals surface area contributed by atoms with Crippen LogP contribution in [0.15, 0.2) is 0 Å². The Morgan fingerprint density at radius 1 is 1.24 bits per heavy atom. The van der Waals surface area contributed by atoms with Crippen molar-refractivity contribution in [3.8, 4) is 0 Å². The van der Waals surface area contributed by atoms with Crippen LogP contribution in [0.3, 0.4) is 0 Å². The lowest BCUT2D eigenvalue weighted by molar-refractivity contribution is -0.107. The Hall–Kier alpha value is -0.0800. The molecule has 102 valence electrons. The van der Waals surface area contributed by atoms with Crippen molar-refractivity contribution < 1.29 is 4.74 Å². The van der Waals surface area contributed by atoms with Crippen molar-refractivity contribution in [2.75, 3.05) is 13.2 Å². The van der Waals surface area contributed by atoms with E-state index in [1.165, 1.54) is 32.1 Å². The summed E-state index contributed by atoms with van der Waals surface area (Å²) < 4.78 is 6.15. The highest BCUT2D eigenvalue weighted by Gasteiger charge is 2.37. The third kappa shape index (κ3) is 5.87. The first-order valence-corrected chi connectivity index (χ1v) is 7.22. The minimum absolute atomic E-state index is 0.215. The zero-order chi connectivity index (χ0) is 12.9. The summed E-state index contributed by atoms with van der Waals surface area (Å²) in [6, 6.07) is 0. The summed E-state index contributed by atoms with van der Waals surface area (Å²) in [7, 11) is 0. The lowest BCUT2D eigenvalue weighted by Gasteiger charge is -2.42. The molecule has 2 heteroatoms. The molecule has 0 aromatic carbocycles. The van der Waals surface area contributed by atoms with E-state index in [0.29, 0.717) is 0 Å². The Balaban J connectivity index is 2.21. The first kappa shape index (κ1) is 15.0. The van der Waals surface area contributed by atoms with Gasteiger partial charge in [-0.15, -0.1) is 0 Å². The van der Waals surface area contributed by atoms with Crippen molar-refractivity contribution in [3.63, 3.8) is 0 Å². The summed E-state index contributed by atoms with van der Waals surface area (Å²) in [4.78, 5) is 0. The monoisotopic (exact) mass is 241 g/mol. The lowest BCUT2D eigenvalue weighted by atomic mass is 9.77. The maximum atomic E-state index is 6.15. The van der Waals surface area contributed by atoms with E-state index in [4.69, 9.17) is 4.74 Å². The van der Waals surface area contributed by atoms with Crippen molar-refractivity contribution in [1.29, 1.82) is 0 Å². The highest BCUT2D eigenvalue weighted by Crippen LogP contribution is 2.38. The predicted molar refractivity (Wildman–Crippen MR) is 74.4 cm³/mol. The van der Waals surface area contributed by atoms with Crippen molar-refractivity contribution in [2.45, 2.75) is 77.9 Å². The summed E-state index contributed by atoms with van der Waals surface area (Å²) in [5, 5.41) is 3.56. The third-order valence-electron chi connectivity index (χ3n) is 3.60. The number of rotatable bonds is 7. The minimum Gasteiger partial charge on any atom is -0.375 e. The summed E-state index contributed by atoms with van der Waals surface area (Å²) in [5.41, 5.74) is 0.440. The average molecular weight is 241 g/mol. The second-order valence-electron chi connectivity index (χ2n) is 6.99. The highest BCUT2D eigenvalue weighted by molar-refractivity contribution is 4.91. The highest BCUT2D eigenvalue weighted by atomic mass is 16.5. The fourth-order valence-corrected chi connectivity index (χ4v) is 2.21. The fraction of sp³-hybridized carbons (Fsp3) is 1.00. The Kier molecular flexibility index (Phi) is 5.46. The van der Waals surface area contributed by atoms with E-state index in [1.54, 1.807) is 0 Å². The molecule has 2 nitrogen and oxygen atoms in total. The molecule has 0 amide bonds. The Labute approximate surface area is 108 Å². The van der Waals surface area contributed by atoms with Gasteiger partial charge in [-0.3, -0.25) is 0 Å². The maximum absolute atomic E-state index is 6.15. The number of hydrogen-bond acceptors (Lipinski definition) is 2. The van der Waals surface area contributed by atoms with Gasteiger partial charge in [0, 0.05) is 12.1 Å². The molecular formula is C15H31NO. The maximum Gasteiger partial charge on any atom is 0.0694 e. The summed E-state index contributed by atoms with van der Waals surface area (Å²) in [5.74, 6) is 0.750. The molecule has 1 aliphatic rings. The number of nitrogens with one attached hydrogen (secondary N) is 1. The van der Waals surface area contributed by atoms with E-state index in [-0.39, 0.29) is 11.1 Å². The Bertz CT molecular complexity index is 213. The molecular weight excluding hydrogens is 210 g/mol. The van der Waals surface area contributed by atoms with Gasteiger partial charge in [-0.05, 0) is 65.3 Å². The van der Waals surface area contributed by atoms with Gasteiger partial charge >= 0.3 is 0 Å². The normalized spacial score (nSPS) is 19.4. The molecule has 0 spiro atoms. The van der Waals surface area contributed by atoms with Crippen LogP contribution in [0.1, 0.15) is 66.7 Å². The van der Waals surface area contributed by atoms with Crippen LogP contribution in [0, 0.1) is 5.92 Å². The van der Waals surface area contributed by atoms with Gasteiger partial charge in [0.05, 0.1) is 5.60 Å². The first-order chi connectivity index (χ1) is 7.83. The van der Waals surface area contributed by atoms with Crippen LogP contribution in [-0.2, 0) is 4.74 Å². The van der Waals surface area contributed by atoms with Gasteiger partial charge in [0.1, 0.15) is 0 Å². The average Bonchev–Trinajstić information content (AvgIpc) is 2.10. The Morgan fingerprint density at radius 3 is 2.29 bits per heavy atom.